The van der Waals surface area contributed by atoms with Crippen LogP contribution in [-0.2, 0) is 6.54 Å². The highest BCUT2D eigenvalue weighted by Crippen LogP contribution is 2.32. The van der Waals surface area contributed by atoms with Crippen molar-refractivity contribution in [2.45, 2.75) is 31.8 Å². The van der Waals surface area contributed by atoms with Gasteiger partial charge in [-0.1, -0.05) is 42.3 Å². The minimum absolute atomic E-state index is 0.617. The molecule has 0 bridgehead atoms. The molecule has 1 aliphatic rings. The van der Waals surface area contributed by atoms with Crippen LogP contribution in [0, 0.1) is 0 Å². The Morgan fingerprint density at radius 3 is 2.73 bits per heavy atom. The quantitative estimate of drug-likeness (QED) is 0.651. The van der Waals surface area contributed by atoms with Crippen molar-refractivity contribution in [3.63, 3.8) is 0 Å². The Bertz CT molecular complexity index is 821. The van der Waals surface area contributed by atoms with Crippen LogP contribution in [0.3, 0.4) is 0 Å². The van der Waals surface area contributed by atoms with Crippen LogP contribution in [0.1, 0.15) is 19.3 Å². The van der Waals surface area contributed by atoms with Gasteiger partial charge in [-0.05, 0) is 44.6 Å². The summed E-state index contributed by atoms with van der Waals surface area (Å²) in [4.78, 5) is 2.51. The average molecular weight is 313 g/mol. The minimum Gasteiger partial charge on any atom is -0.339 e. The standard InChI is InChI=1S/C19H21ClN2/c1-21-11-5-4-6-15(21)13-22-18-8-3-2-7-16(18)17-10-9-14(20)12-19(17)22/h2-3,7-10,12,15H,4-6,11,13H2,1H3. The first-order valence-corrected chi connectivity index (χ1v) is 8.48. The molecule has 0 aliphatic carbocycles. The van der Waals surface area contributed by atoms with Crippen LogP contribution < -0.4 is 0 Å². The first-order valence-electron chi connectivity index (χ1n) is 8.11. The Balaban J connectivity index is 1.88. The molecule has 2 aromatic carbocycles. The van der Waals surface area contributed by atoms with Crippen LogP contribution in [-0.4, -0.2) is 29.1 Å². The van der Waals surface area contributed by atoms with Gasteiger partial charge in [0.15, 0.2) is 0 Å². The minimum atomic E-state index is 0.617. The van der Waals surface area contributed by atoms with Crippen LogP contribution >= 0.6 is 11.6 Å². The Kier molecular flexibility index (Phi) is 3.59. The van der Waals surface area contributed by atoms with Gasteiger partial charge < -0.3 is 9.47 Å². The molecule has 1 aliphatic heterocycles. The normalized spacial score (nSPS) is 20.0. The van der Waals surface area contributed by atoms with Crippen molar-refractivity contribution in [1.29, 1.82) is 0 Å². The zero-order valence-corrected chi connectivity index (χ0v) is 13.7. The molecule has 0 saturated carbocycles. The van der Waals surface area contributed by atoms with Crippen molar-refractivity contribution < 1.29 is 0 Å². The van der Waals surface area contributed by atoms with Gasteiger partial charge in [-0.15, -0.1) is 0 Å². The molecule has 114 valence electrons. The molecule has 1 fully saturated rings. The van der Waals surface area contributed by atoms with Crippen molar-refractivity contribution in [2.24, 2.45) is 0 Å². The number of piperidine rings is 1. The molecule has 1 atom stereocenters. The molecule has 2 heterocycles. The lowest BCUT2D eigenvalue weighted by Crippen LogP contribution is -2.39. The summed E-state index contributed by atoms with van der Waals surface area (Å²) in [6.45, 7) is 2.25. The van der Waals surface area contributed by atoms with Crippen LogP contribution in [0.15, 0.2) is 42.5 Å². The Labute approximate surface area is 136 Å². The lowest BCUT2D eigenvalue weighted by Gasteiger charge is -2.33. The molecule has 3 heteroatoms. The molecule has 2 nitrogen and oxygen atoms in total. The predicted molar refractivity (Wildman–Crippen MR) is 94.7 cm³/mol. The first kappa shape index (κ1) is 14.1. The first-order chi connectivity index (χ1) is 10.7. The van der Waals surface area contributed by atoms with E-state index in [-0.39, 0.29) is 0 Å². The third kappa shape index (κ3) is 2.31. The van der Waals surface area contributed by atoms with E-state index in [1.807, 2.05) is 6.07 Å². The summed E-state index contributed by atoms with van der Waals surface area (Å²) in [5.74, 6) is 0. The zero-order chi connectivity index (χ0) is 15.1. The van der Waals surface area contributed by atoms with E-state index in [0.29, 0.717) is 6.04 Å². The van der Waals surface area contributed by atoms with E-state index in [0.717, 1.165) is 11.6 Å². The smallest absolute Gasteiger partial charge is 0.0506 e. The number of fused-ring (bicyclic) bond motifs is 3. The van der Waals surface area contributed by atoms with Crippen LogP contribution in [0.25, 0.3) is 21.8 Å². The predicted octanol–water partition coefficient (Wildman–Crippen LogP) is 4.93. The van der Waals surface area contributed by atoms with Crippen molar-refractivity contribution in [2.75, 3.05) is 13.6 Å². The van der Waals surface area contributed by atoms with Crippen molar-refractivity contribution >= 4 is 33.4 Å². The van der Waals surface area contributed by atoms with Crippen molar-refractivity contribution in [3.05, 3.63) is 47.5 Å². The third-order valence-electron chi connectivity index (χ3n) is 5.05. The number of halogens is 1. The van der Waals surface area contributed by atoms with E-state index in [1.165, 1.54) is 47.6 Å². The lowest BCUT2D eigenvalue weighted by atomic mass is 10.0. The molecule has 0 amide bonds. The largest absolute Gasteiger partial charge is 0.339 e. The number of hydrogen-bond donors (Lipinski definition) is 0. The maximum atomic E-state index is 6.27. The molecular formula is C19H21ClN2. The summed E-state index contributed by atoms with van der Waals surface area (Å²) in [5, 5.41) is 3.44. The summed E-state index contributed by atoms with van der Waals surface area (Å²) in [7, 11) is 2.25. The number of benzene rings is 2. The summed E-state index contributed by atoms with van der Waals surface area (Å²) in [5.41, 5.74) is 2.58. The molecular weight excluding hydrogens is 292 g/mol. The van der Waals surface area contributed by atoms with Gasteiger partial charge in [0.25, 0.3) is 0 Å². The summed E-state index contributed by atoms with van der Waals surface area (Å²) in [6, 6.07) is 15.6. The second-order valence-electron chi connectivity index (χ2n) is 6.42. The fourth-order valence-electron chi connectivity index (χ4n) is 3.80. The van der Waals surface area contributed by atoms with Crippen LogP contribution in [0.4, 0.5) is 0 Å². The molecule has 1 aromatic heterocycles. The van der Waals surface area contributed by atoms with Crippen LogP contribution in [0.2, 0.25) is 5.02 Å². The molecule has 0 spiro atoms. The van der Waals surface area contributed by atoms with E-state index >= 15 is 0 Å². The summed E-state index contributed by atoms with van der Waals surface area (Å²) >= 11 is 6.27. The number of likely N-dealkylation sites (tertiary alicyclic amines) is 1. The van der Waals surface area contributed by atoms with E-state index in [9.17, 15) is 0 Å². The van der Waals surface area contributed by atoms with E-state index in [2.05, 4.69) is 52.9 Å². The number of likely N-dealkylation sites (N-methyl/N-ethyl adjacent to an activating group) is 1. The summed E-state index contributed by atoms with van der Waals surface area (Å²) in [6.07, 6.45) is 3.95. The van der Waals surface area contributed by atoms with Gasteiger partial charge in [0.2, 0.25) is 0 Å². The summed E-state index contributed by atoms with van der Waals surface area (Å²) < 4.78 is 2.46. The Morgan fingerprint density at radius 1 is 1.05 bits per heavy atom. The number of nitrogens with zero attached hydrogens (tertiary/aromatic N) is 2. The fraction of sp³-hybridized carbons (Fsp3) is 0.368. The topological polar surface area (TPSA) is 8.17 Å². The van der Waals surface area contributed by atoms with E-state index < -0.39 is 0 Å². The van der Waals surface area contributed by atoms with Gasteiger partial charge in [0.05, 0.1) is 5.52 Å². The van der Waals surface area contributed by atoms with Crippen molar-refractivity contribution in [1.82, 2.24) is 9.47 Å². The molecule has 0 N–H and O–H groups in total. The average Bonchev–Trinajstić information content (AvgIpc) is 2.83. The molecule has 1 saturated heterocycles. The van der Waals surface area contributed by atoms with Gasteiger partial charge in [0.1, 0.15) is 0 Å². The second-order valence-corrected chi connectivity index (χ2v) is 6.86. The van der Waals surface area contributed by atoms with Gasteiger partial charge in [-0.3, -0.25) is 0 Å². The maximum Gasteiger partial charge on any atom is 0.0506 e. The second kappa shape index (κ2) is 5.60. The SMILES string of the molecule is CN1CCCCC1Cn1c2ccccc2c2ccc(Cl)cc21. The highest BCUT2D eigenvalue weighted by molar-refractivity contribution is 6.31. The number of para-hydroxylation sites is 1. The fourth-order valence-corrected chi connectivity index (χ4v) is 3.97. The number of rotatable bonds is 2. The Morgan fingerprint density at radius 2 is 1.86 bits per heavy atom. The molecule has 22 heavy (non-hydrogen) atoms. The zero-order valence-electron chi connectivity index (χ0n) is 12.9. The van der Waals surface area contributed by atoms with Crippen molar-refractivity contribution in [3.8, 4) is 0 Å². The highest BCUT2D eigenvalue weighted by Gasteiger charge is 2.21. The van der Waals surface area contributed by atoms with Crippen LogP contribution in [0.5, 0.6) is 0 Å². The van der Waals surface area contributed by atoms with E-state index in [4.69, 9.17) is 11.6 Å². The number of hydrogen-bond acceptors (Lipinski definition) is 1. The monoisotopic (exact) mass is 312 g/mol. The lowest BCUT2D eigenvalue weighted by molar-refractivity contribution is 0.170. The van der Waals surface area contributed by atoms with Gasteiger partial charge in [-0.2, -0.15) is 0 Å². The number of aromatic nitrogens is 1. The molecule has 4 rings (SSSR count). The van der Waals surface area contributed by atoms with Gasteiger partial charge >= 0.3 is 0 Å². The Hall–Kier alpha value is -1.51. The van der Waals surface area contributed by atoms with Gasteiger partial charge in [0, 0.05) is 33.9 Å². The molecule has 1 unspecified atom stereocenters. The van der Waals surface area contributed by atoms with E-state index in [1.54, 1.807) is 0 Å². The maximum absolute atomic E-state index is 6.27. The molecule has 0 radical (unpaired) electrons. The third-order valence-corrected chi connectivity index (χ3v) is 5.29. The highest BCUT2D eigenvalue weighted by atomic mass is 35.5. The van der Waals surface area contributed by atoms with Gasteiger partial charge in [-0.25, -0.2) is 0 Å². The molecule has 3 aromatic rings.